The fraction of sp³-hybridized carbons (Fsp3) is 0.125. The molecule has 3 rings (SSSR count). The minimum absolute atomic E-state index is 0.270. The Bertz CT molecular complexity index is 768. The van der Waals surface area contributed by atoms with Gasteiger partial charge in [-0.05, 0) is 42.5 Å². The number of hydrogen-bond donors (Lipinski definition) is 2. The molecular formula is C16H14BrN3O2S. The first-order chi connectivity index (χ1) is 11.0. The molecule has 0 spiro atoms. The van der Waals surface area contributed by atoms with Gasteiger partial charge in [0.2, 0.25) is 0 Å². The van der Waals surface area contributed by atoms with Gasteiger partial charge in [-0.25, -0.2) is 0 Å². The van der Waals surface area contributed by atoms with E-state index in [0.717, 1.165) is 15.8 Å². The fourth-order valence-electron chi connectivity index (χ4n) is 2.33. The van der Waals surface area contributed by atoms with Gasteiger partial charge in [0.25, 0.3) is 5.91 Å². The van der Waals surface area contributed by atoms with Gasteiger partial charge in [0.1, 0.15) is 5.75 Å². The first-order valence-corrected chi connectivity index (χ1v) is 8.14. The number of rotatable bonds is 2. The summed E-state index contributed by atoms with van der Waals surface area (Å²) in [6.45, 7) is 0.270. The van der Waals surface area contributed by atoms with Gasteiger partial charge in [0.05, 0.1) is 12.2 Å². The van der Waals surface area contributed by atoms with Crippen LogP contribution in [0.3, 0.4) is 0 Å². The number of primary amides is 1. The highest BCUT2D eigenvalue weighted by molar-refractivity contribution is 9.10. The second-order valence-corrected chi connectivity index (χ2v) is 6.33. The number of carbonyl (C=O) groups excluding carboxylic acids is 1. The monoisotopic (exact) mass is 391 g/mol. The van der Waals surface area contributed by atoms with Crippen molar-refractivity contribution in [1.29, 1.82) is 0 Å². The third-order valence-corrected chi connectivity index (χ3v) is 4.23. The smallest absolute Gasteiger partial charge is 0.260 e. The van der Waals surface area contributed by atoms with Gasteiger partial charge >= 0.3 is 0 Å². The number of thiocarbonyl (C=S) groups is 1. The predicted octanol–water partition coefficient (Wildman–Crippen LogP) is 2.90. The summed E-state index contributed by atoms with van der Waals surface area (Å²) in [5.41, 5.74) is 7.05. The summed E-state index contributed by atoms with van der Waals surface area (Å²) in [5, 5.41) is 3.65. The zero-order valence-corrected chi connectivity index (χ0v) is 14.4. The lowest BCUT2D eigenvalue weighted by atomic mass is 10.2. The molecule has 2 aromatic carbocycles. The van der Waals surface area contributed by atoms with Crippen molar-refractivity contribution in [2.75, 3.05) is 16.8 Å². The lowest BCUT2D eigenvalue weighted by Crippen LogP contribution is -2.50. The molecule has 0 unspecified atom stereocenters. The lowest BCUT2D eigenvalue weighted by Gasteiger charge is -2.35. The average molecular weight is 392 g/mol. The van der Waals surface area contributed by atoms with Crippen LogP contribution in [0.1, 0.15) is 0 Å². The van der Waals surface area contributed by atoms with Crippen molar-refractivity contribution in [3.63, 3.8) is 0 Å². The average Bonchev–Trinajstić information content (AvgIpc) is 2.53. The molecule has 0 bridgehead atoms. The van der Waals surface area contributed by atoms with Gasteiger partial charge in [-0.15, -0.1) is 0 Å². The van der Waals surface area contributed by atoms with Crippen LogP contribution in [0.2, 0.25) is 0 Å². The van der Waals surface area contributed by atoms with Crippen molar-refractivity contribution in [1.82, 2.24) is 0 Å². The van der Waals surface area contributed by atoms with Gasteiger partial charge < -0.3 is 20.7 Å². The Balaban J connectivity index is 1.88. The van der Waals surface area contributed by atoms with Crippen LogP contribution < -0.4 is 20.7 Å². The third kappa shape index (κ3) is 3.46. The number of amides is 1. The molecule has 0 aliphatic carbocycles. The molecule has 0 radical (unpaired) electrons. The van der Waals surface area contributed by atoms with E-state index < -0.39 is 12.0 Å². The first kappa shape index (κ1) is 15.8. The summed E-state index contributed by atoms with van der Waals surface area (Å²) in [6, 6.07) is 15.1. The second-order valence-electron chi connectivity index (χ2n) is 5.03. The molecule has 1 aliphatic heterocycles. The molecular weight excluding hydrogens is 378 g/mol. The van der Waals surface area contributed by atoms with E-state index in [1.807, 2.05) is 47.4 Å². The maximum Gasteiger partial charge on any atom is 0.260 e. The number of fused-ring (bicyclic) bond motifs is 1. The highest BCUT2D eigenvalue weighted by Gasteiger charge is 2.31. The molecule has 7 heteroatoms. The van der Waals surface area contributed by atoms with Gasteiger partial charge in [-0.2, -0.15) is 0 Å². The molecule has 0 fully saturated rings. The molecule has 23 heavy (non-hydrogen) atoms. The van der Waals surface area contributed by atoms with Gasteiger partial charge in [0, 0.05) is 10.2 Å². The van der Waals surface area contributed by atoms with E-state index in [9.17, 15) is 4.79 Å². The van der Waals surface area contributed by atoms with E-state index >= 15 is 0 Å². The fourth-order valence-corrected chi connectivity index (χ4v) is 3.02. The zero-order valence-electron chi connectivity index (χ0n) is 12.0. The van der Waals surface area contributed by atoms with Gasteiger partial charge in [-0.3, -0.25) is 4.79 Å². The molecule has 5 nitrogen and oxygen atoms in total. The number of nitrogens with two attached hydrogens (primary N) is 1. The number of carbonyl (C=O) groups is 1. The molecule has 1 atom stereocenters. The third-order valence-electron chi connectivity index (χ3n) is 3.41. The molecule has 2 aromatic rings. The summed E-state index contributed by atoms with van der Waals surface area (Å²) in [6.07, 6.45) is -0.743. The second kappa shape index (κ2) is 6.55. The normalized spacial score (nSPS) is 16.2. The van der Waals surface area contributed by atoms with Crippen LogP contribution in [0, 0.1) is 0 Å². The summed E-state index contributed by atoms with van der Waals surface area (Å²) in [7, 11) is 0. The maximum absolute atomic E-state index is 11.5. The van der Waals surface area contributed by atoms with Crippen LogP contribution in [0.25, 0.3) is 0 Å². The number of ether oxygens (including phenoxy) is 1. The molecule has 118 valence electrons. The Morgan fingerprint density at radius 1 is 1.30 bits per heavy atom. The standard InChI is InChI=1S/C16H14BrN3O2S/c17-10-4-3-5-11(8-10)19-16(23)20-9-14(15(18)21)22-13-7-2-1-6-12(13)20/h1-8,14H,9H2,(H2,18,21)(H,19,23)/t14-/m0/s1. The van der Waals surface area contributed by atoms with E-state index in [1.165, 1.54) is 0 Å². The summed E-state index contributed by atoms with van der Waals surface area (Å²) < 4.78 is 6.58. The van der Waals surface area contributed by atoms with Crippen molar-refractivity contribution in [3.05, 3.63) is 53.0 Å². The Labute approximate surface area is 147 Å². The van der Waals surface area contributed by atoms with Gasteiger partial charge in [0.15, 0.2) is 11.2 Å². The molecule has 1 heterocycles. The molecule has 3 N–H and O–H groups in total. The Kier molecular flexibility index (Phi) is 4.49. The van der Waals surface area contributed by atoms with E-state index in [4.69, 9.17) is 22.7 Å². The number of nitrogens with zero attached hydrogens (tertiary/aromatic N) is 1. The largest absolute Gasteiger partial charge is 0.477 e. The van der Waals surface area contributed by atoms with Crippen LogP contribution in [-0.2, 0) is 4.79 Å². The Hall–Kier alpha value is -2.12. The van der Waals surface area contributed by atoms with Crippen molar-refractivity contribution < 1.29 is 9.53 Å². The topological polar surface area (TPSA) is 67.6 Å². The Morgan fingerprint density at radius 3 is 2.83 bits per heavy atom. The van der Waals surface area contributed by atoms with Crippen LogP contribution in [0.4, 0.5) is 11.4 Å². The predicted molar refractivity (Wildman–Crippen MR) is 97.8 cm³/mol. The minimum atomic E-state index is -0.743. The SMILES string of the molecule is NC(=O)[C@@H]1CN(C(=S)Nc2cccc(Br)c2)c2ccccc2O1. The summed E-state index contributed by atoms with van der Waals surface area (Å²) >= 11 is 8.93. The molecule has 0 aromatic heterocycles. The number of benzene rings is 2. The number of halogens is 1. The molecule has 0 saturated heterocycles. The number of para-hydroxylation sites is 2. The van der Waals surface area contributed by atoms with E-state index in [2.05, 4.69) is 21.2 Å². The number of anilines is 2. The van der Waals surface area contributed by atoms with E-state index in [0.29, 0.717) is 10.9 Å². The molecule has 1 aliphatic rings. The lowest BCUT2D eigenvalue weighted by molar-refractivity contribution is -0.124. The van der Waals surface area contributed by atoms with Crippen molar-refractivity contribution >= 4 is 50.5 Å². The number of hydrogen-bond acceptors (Lipinski definition) is 3. The molecule has 1 amide bonds. The van der Waals surface area contributed by atoms with Crippen molar-refractivity contribution in [2.24, 2.45) is 5.73 Å². The Morgan fingerprint density at radius 2 is 2.09 bits per heavy atom. The summed E-state index contributed by atoms with van der Waals surface area (Å²) in [5.74, 6) is 0.0655. The van der Waals surface area contributed by atoms with Crippen molar-refractivity contribution in [3.8, 4) is 5.75 Å². The van der Waals surface area contributed by atoms with E-state index in [1.54, 1.807) is 6.07 Å². The van der Waals surface area contributed by atoms with Crippen molar-refractivity contribution in [2.45, 2.75) is 6.10 Å². The highest BCUT2D eigenvalue weighted by Crippen LogP contribution is 2.33. The van der Waals surface area contributed by atoms with Gasteiger partial charge in [-0.1, -0.05) is 34.1 Å². The van der Waals surface area contributed by atoms with Crippen LogP contribution in [0.5, 0.6) is 5.75 Å². The van der Waals surface area contributed by atoms with Crippen LogP contribution in [0.15, 0.2) is 53.0 Å². The summed E-state index contributed by atoms with van der Waals surface area (Å²) in [4.78, 5) is 13.4. The zero-order chi connectivity index (χ0) is 16.4. The van der Waals surface area contributed by atoms with E-state index in [-0.39, 0.29) is 6.54 Å². The van der Waals surface area contributed by atoms with Crippen LogP contribution in [-0.4, -0.2) is 23.7 Å². The minimum Gasteiger partial charge on any atom is -0.477 e. The number of nitrogens with one attached hydrogen (secondary N) is 1. The maximum atomic E-state index is 11.5. The highest BCUT2D eigenvalue weighted by atomic mass is 79.9. The van der Waals surface area contributed by atoms with Crippen LogP contribution >= 0.6 is 28.1 Å². The quantitative estimate of drug-likeness (QED) is 0.770. The first-order valence-electron chi connectivity index (χ1n) is 6.93. The molecule has 0 saturated carbocycles.